The van der Waals surface area contributed by atoms with E-state index in [1.807, 2.05) is 6.92 Å². The van der Waals surface area contributed by atoms with Gasteiger partial charge in [-0.05, 0) is 12.8 Å². The number of amides is 1. The summed E-state index contributed by atoms with van der Waals surface area (Å²) in [5.41, 5.74) is 0.481. The highest BCUT2D eigenvalue weighted by atomic mass is 32.1. The summed E-state index contributed by atoms with van der Waals surface area (Å²) in [5, 5.41) is 13.6. The number of carbonyl (C=O) groups is 2. The normalized spacial score (nSPS) is 12.1. The second-order valence-corrected chi connectivity index (χ2v) is 5.31. The van der Waals surface area contributed by atoms with Crippen molar-refractivity contribution in [3.8, 4) is 0 Å². The molecule has 1 amide bonds. The fourth-order valence-corrected chi connectivity index (χ4v) is 2.49. The first kappa shape index (κ1) is 15.6. The molecule has 0 aromatic carbocycles. The fourth-order valence-electron chi connectivity index (χ4n) is 1.78. The van der Waals surface area contributed by atoms with Gasteiger partial charge in [0.2, 0.25) is 5.91 Å². The number of carboxylic acids is 1. The van der Waals surface area contributed by atoms with Gasteiger partial charge in [0.25, 0.3) is 0 Å². The summed E-state index contributed by atoms with van der Waals surface area (Å²) in [6.45, 7) is 4.10. The number of aromatic nitrogens is 1. The Labute approximate surface area is 117 Å². The molecule has 1 aromatic heterocycles. The Morgan fingerprint density at radius 1 is 1.47 bits per heavy atom. The van der Waals surface area contributed by atoms with Crippen LogP contribution in [-0.2, 0) is 16.0 Å². The molecule has 106 valence electrons. The van der Waals surface area contributed by atoms with Crippen LogP contribution in [0.25, 0.3) is 0 Å². The largest absolute Gasteiger partial charge is 0.481 e. The lowest BCUT2D eigenvalue weighted by molar-refractivity contribution is -0.136. The third kappa shape index (κ3) is 5.38. The van der Waals surface area contributed by atoms with Gasteiger partial charge in [0.05, 0.1) is 12.1 Å². The van der Waals surface area contributed by atoms with E-state index >= 15 is 0 Å². The number of anilines is 1. The number of nitrogens with one attached hydrogen (secondary N) is 1. The van der Waals surface area contributed by atoms with Gasteiger partial charge in [0.1, 0.15) is 0 Å². The highest BCUT2D eigenvalue weighted by Gasteiger charge is 2.17. The van der Waals surface area contributed by atoms with Crippen molar-refractivity contribution in [2.24, 2.45) is 5.92 Å². The summed E-state index contributed by atoms with van der Waals surface area (Å²) in [5.74, 6) is -0.934. The van der Waals surface area contributed by atoms with Crippen LogP contribution in [-0.4, -0.2) is 22.0 Å². The van der Waals surface area contributed by atoms with E-state index in [4.69, 9.17) is 5.11 Å². The van der Waals surface area contributed by atoms with Crippen LogP contribution in [0.5, 0.6) is 0 Å². The molecule has 1 rings (SSSR count). The number of hydrogen-bond acceptors (Lipinski definition) is 4. The molecule has 1 atom stereocenters. The molecule has 0 aliphatic heterocycles. The average molecular weight is 284 g/mol. The molecule has 0 bridgehead atoms. The van der Waals surface area contributed by atoms with E-state index in [1.54, 1.807) is 5.38 Å². The highest BCUT2D eigenvalue weighted by molar-refractivity contribution is 7.13. The van der Waals surface area contributed by atoms with E-state index in [0.717, 1.165) is 25.7 Å². The zero-order valence-electron chi connectivity index (χ0n) is 11.3. The number of hydrogen-bond donors (Lipinski definition) is 2. The van der Waals surface area contributed by atoms with E-state index in [0.29, 0.717) is 10.8 Å². The lowest BCUT2D eigenvalue weighted by Gasteiger charge is -2.12. The fraction of sp³-hybridized carbons (Fsp3) is 0.615. The van der Waals surface area contributed by atoms with E-state index in [-0.39, 0.29) is 18.2 Å². The Morgan fingerprint density at radius 2 is 2.21 bits per heavy atom. The minimum atomic E-state index is -0.919. The van der Waals surface area contributed by atoms with Crippen LogP contribution in [0.3, 0.4) is 0 Å². The van der Waals surface area contributed by atoms with Gasteiger partial charge in [-0.15, -0.1) is 11.3 Å². The van der Waals surface area contributed by atoms with Crippen LogP contribution >= 0.6 is 11.3 Å². The van der Waals surface area contributed by atoms with Gasteiger partial charge in [0, 0.05) is 11.3 Å². The maximum Gasteiger partial charge on any atom is 0.309 e. The number of carboxylic acid groups (broad SMARTS) is 1. The van der Waals surface area contributed by atoms with Crippen molar-refractivity contribution >= 4 is 28.3 Å². The van der Waals surface area contributed by atoms with Crippen molar-refractivity contribution in [3.63, 3.8) is 0 Å². The first-order valence-corrected chi connectivity index (χ1v) is 7.41. The predicted molar refractivity (Wildman–Crippen MR) is 75.4 cm³/mol. The van der Waals surface area contributed by atoms with Gasteiger partial charge in [-0.1, -0.05) is 26.7 Å². The Kier molecular flexibility index (Phi) is 6.49. The summed E-state index contributed by atoms with van der Waals surface area (Å²) in [7, 11) is 0. The molecule has 1 aromatic rings. The van der Waals surface area contributed by atoms with Crippen LogP contribution in [0.2, 0.25) is 0 Å². The third-order valence-electron chi connectivity index (χ3n) is 2.88. The predicted octanol–water partition coefficient (Wildman–Crippen LogP) is 2.93. The minimum absolute atomic E-state index is 0.00627. The number of thiazole rings is 1. The lowest BCUT2D eigenvalue weighted by atomic mass is 9.99. The van der Waals surface area contributed by atoms with Gasteiger partial charge in [0.15, 0.2) is 5.13 Å². The van der Waals surface area contributed by atoms with Gasteiger partial charge in [-0.3, -0.25) is 9.59 Å². The van der Waals surface area contributed by atoms with Gasteiger partial charge < -0.3 is 10.4 Å². The lowest BCUT2D eigenvalue weighted by Crippen LogP contribution is -2.22. The Balaban J connectivity index is 2.55. The molecule has 19 heavy (non-hydrogen) atoms. The van der Waals surface area contributed by atoms with Crippen molar-refractivity contribution in [2.75, 3.05) is 5.32 Å². The Morgan fingerprint density at radius 3 is 2.79 bits per heavy atom. The molecule has 0 saturated heterocycles. The topological polar surface area (TPSA) is 79.3 Å². The summed E-state index contributed by atoms with van der Waals surface area (Å²) < 4.78 is 0. The Bertz CT molecular complexity index is 431. The summed E-state index contributed by atoms with van der Waals surface area (Å²) in [6.07, 6.45) is 3.68. The summed E-state index contributed by atoms with van der Waals surface area (Å²) in [6, 6.07) is 0. The zero-order chi connectivity index (χ0) is 14.3. The summed E-state index contributed by atoms with van der Waals surface area (Å²) >= 11 is 1.27. The molecule has 1 heterocycles. The first-order chi connectivity index (χ1) is 9.06. The van der Waals surface area contributed by atoms with E-state index in [1.165, 1.54) is 11.3 Å². The van der Waals surface area contributed by atoms with Crippen molar-refractivity contribution < 1.29 is 14.7 Å². The molecule has 1 unspecified atom stereocenters. The number of rotatable bonds is 8. The van der Waals surface area contributed by atoms with Crippen LogP contribution < -0.4 is 5.32 Å². The number of nitrogens with zero attached hydrogens (tertiary/aromatic N) is 1. The number of aliphatic carboxylic acids is 1. The number of unbranched alkanes of at least 4 members (excludes halogenated alkanes) is 1. The number of carbonyl (C=O) groups excluding carboxylic acids is 1. The van der Waals surface area contributed by atoms with E-state index in [2.05, 4.69) is 17.2 Å². The van der Waals surface area contributed by atoms with Crippen molar-refractivity contribution in [1.29, 1.82) is 0 Å². The zero-order valence-corrected chi connectivity index (χ0v) is 12.1. The highest BCUT2D eigenvalue weighted by Crippen LogP contribution is 2.19. The van der Waals surface area contributed by atoms with Crippen LogP contribution in [0.1, 0.15) is 45.2 Å². The average Bonchev–Trinajstić information content (AvgIpc) is 2.76. The van der Waals surface area contributed by atoms with Crippen molar-refractivity contribution in [2.45, 2.75) is 46.0 Å². The van der Waals surface area contributed by atoms with E-state index in [9.17, 15) is 9.59 Å². The quantitative estimate of drug-likeness (QED) is 0.769. The molecule has 0 spiro atoms. The molecule has 0 saturated carbocycles. The Hall–Kier alpha value is -1.43. The molecule has 2 N–H and O–H groups in total. The molecule has 0 aliphatic rings. The van der Waals surface area contributed by atoms with Crippen molar-refractivity contribution in [1.82, 2.24) is 4.98 Å². The molecular formula is C13H20N2O3S. The SMILES string of the molecule is CCCCC(CC)C(=O)Nc1nc(CC(=O)O)cs1. The van der Waals surface area contributed by atoms with Gasteiger partial charge in [-0.25, -0.2) is 4.98 Å². The maximum absolute atomic E-state index is 12.0. The smallest absolute Gasteiger partial charge is 0.309 e. The van der Waals surface area contributed by atoms with Crippen LogP contribution in [0.15, 0.2) is 5.38 Å². The van der Waals surface area contributed by atoms with E-state index < -0.39 is 5.97 Å². The monoisotopic (exact) mass is 284 g/mol. The summed E-state index contributed by atoms with van der Waals surface area (Å²) in [4.78, 5) is 26.7. The molecular weight excluding hydrogens is 264 g/mol. The third-order valence-corrected chi connectivity index (χ3v) is 3.69. The molecule has 0 aliphatic carbocycles. The van der Waals surface area contributed by atoms with Crippen molar-refractivity contribution in [3.05, 3.63) is 11.1 Å². The van der Waals surface area contributed by atoms with Crippen LogP contribution in [0.4, 0.5) is 5.13 Å². The molecule has 0 radical (unpaired) electrons. The molecule has 6 heteroatoms. The van der Waals surface area contributed by atoms with Crippen LogP contribution in [0, 0.1) is 5.92 Å². The standard InChI is InChI=1S/C13H20N2O3S/c1-3-5-6-9(4-2)12(18)15-13-14-10(8-19-13)7-11(16)17/h8-9H,3-7H2,1-2H3,(H,16,17)(H,14,15,18). The second kappa shape index (κ2) is 7.89. The molecule has 5 nitrogen and oxygen atoms in total. The minimum Gasteiger partial charge on any atom is -0.481 e. The molecule has 0 fully saturated rings. The second-order valence-electron chi connectivity index (χ2n) is 4.45. The maximum atomic E-state index is 12.0. The van der Waals surface area contributed by atoms with Gasteiger partial charge in [-0.2, -0.15) is 0 Å². The first-order valence-electron chi connectivity index (χ1n) is 6.53. The van der Waals surface area contributed by atoms with Gasteiger partial charge >= 0.3 is 5.97 Å².